The third-order valence-electron chi connectivity index (χ3n) is 6.99. The van der Waals surface area contributed by atoms with Crippen molar-refractivity contribution in [3.63, 3.8) is 0 Å². The summed E-state index contributed by atoms with van der Waals surface area (Å²) in [5, 5.41) is 2.55. The predicted octanol–water partition coefficient (Wildman–Crippen LogP) is 4.71. The number of nitrogens with one attached hydrogen (secondary N) is 1. The minimum absolute atomic E-state index is 0.0748. The molecule has 2 fully saturated rings. The summed E-state index contributed by atoms with van der Waals surface area (Å²) in [6.07, 6.45) is -1.27. The van der Waals surface area contributed by atoms with Crippen LogP contribution in [0.5, 0.6) is 0 Å². The number of hydrogen-bond acceptors (Lipinski definition) is 4. The maximum absolute atomic E-state index is 13.8. The van der Waals surface area contributed by atoms with Gasteiger partial charge in [0.2, 0.25) is 11.9 Å². The third-order valence-corrected chi connectivity index (χ3v) is 9.27. The van der Waals surface area contributed by atoms with Gasteiger partial charge in [-0.25, -0.2) is 22.2 Å². The van der Waals surface area contributed by atoms with Crippen molar-refractivity contribution in [2.75, 3.05) is 5.32 Å². The van der Waals surface area contributed by atoms with Gasteiger partial charge in [-0.3, -0.25) is 10.1 Å². The number of rotatable bonds is 7. The molecule has 2 aromatic carbocycles. The average molecular weight is 488 g/mol. The van der Waals surface area contributed by atoms with E-state index in [4.69, 9.17) is 0 Å². The summed E-state index contributed by atoms with van der Waals surface area (Å²) in [5.41, 5.74) is 2.21. The Balaban J connectivity index is 1.42. The number of anilines is 1. The van der Waals surface area contributed by atoms with Crippen molar-refractivity contribution < 1.29 is 22.0 Å². The maximum Gasteiger partial charge on any atom is 0.234 e. The van der Waals surface area contributed by atoms with Crippen LogP contribution in [-0.4, -0.2) is 41.5 Å². The Morgan fingerprint density at radius 1 is 1.09 bits per heavy atom. The van der Waals surface area contributed by atoms with Crippen LogP contribution in [-0.2, 0) is 21.7 Å². The number of amides is 1. The van der Waals surface area contributed by atoms with Crippen LogP contribution < -0.4 is 5.32 Å². The molecule has 2 aliphatic rings. The van der Waals surface area contributed by atoms with Crippen LogP contribution in [0.15, 0.2) is 53.4 Å². The monoisotopic (exact) mass is 487 g/mol. The number of nitrogens with zero attached hydrogens (tertiary/aromatic N) is 2. The zero-order chi connectivity index (χ0) is 24.0. The highest BCUT2D eigenvalue weighted by Crippen LogP contribution is 2.39. The Morgan fingerprint density at radius 2 is 1.74 bits per heavy atom. The SMILES string of the molecule is Cn1c(NC(=O)[C@H](CC2CC(F)C(F)C2)c2ccc(S(=O)(=O)C3CC3)cc2)nc2ccccc21. The Bertz CT molecular complexity index is 1310. The quantitative estimate of drug-likeness (QED) is 0.524. The molecule has 6 nitrogen and oxygen atoms in total. The van der Waals surface area contributed by atoms with Crippen LogP contribution in [0.4, 0.5) is 14.7 Å². The summed E-state index contributed by atoms with van der Waals surface area (Å²) in [7, 11) is -1.55. The molecule has 1 N–H and O–H groups in total. The molecule has 0 radical (unpaired) electrons. The molecule has 2 saturated carbocycles. The molecule has 34 heavy (non-hydrogen) atoms. The number of imidazole rings is 1. The number of alkyl halides is 2. The van der Waals surface area contributed by atoms with Crippen LogP contribution in [0.2, 0.25) is 0 Å². The molecule has 180 valence electrons. The second-order valence-electron chi connectivity index (χ2n) is 9.44. The fourth-order valence-electron chi connectivity index (χ4n) is 4.86. The van der Waals surface area contributed by atoms with E-state index in [1.54, 1.807) is 23.7 Å². The van der Waals surface area contributed by atoms with Gasteiger partial charge >= 0.3 is 0 Å². The first kappa shape index (κ1) is 23.0. The number of hydrogen-bond donors (Lipinski definition) is 1. The standard InChI is InChI=1S/C25H27F2N3O3S/c1-30-23-5-3-2-4-22(23)28-25(30)29-24(31)19(12-15-13-20(26)21(27)14-15)16-6-8-17(9-7-16)34(32,33)18-10-11-18/h2-9,15,18-21H,10-14H2,1H3,(H,28,29,31)/t15?,19-,20?,21?/m1/s1. The smallest absolute Gasteiger partial charge is 0.234 e. The number of aromatic nitrogens is 2. The molecule has 3 aromatic rings. The molecule has 3 atom stereocenters. The molecule has 9 heteroatoms. The van der Waals surface area contributed by atoms with Gasteiger partial charge in [0.1, 0.15) is 12.3 Å². The molecule has 1 amide bonds. The summed E-state index contributed by atoms with van der Waals surface area (Å²) in [6.45, 7) is 0. The first-order valence-corrected chi connectivity index (χ1v) is 13.1. The number of carbonyl (C=O) groups is 1. The van der Waals surface area contributed by atoms with Crippen molar-refractivity contribution in [2.45, 2.75) is 60.5 Å². The van der Waals surface area contributed by atoms with E-state index in [1.165, 1.54) is 12.1 Å². The van der Waals surface area contributed by atoms with E-state index in [2.05, 4.69) is 10.3 Å². The minimum Gasteiger partial charge on any atom is -0.313 e. The predicted molar refractivity (Wildman–Crippen MR) is 126 cm³/mol. The number of fused-ring (bicyclic) bond motifs is 1. The first-order valence-electron chi connectivity index (χ1n) is 11.6. The van der Waals surface area contributed by atoms with Crippen LogP contribution >= 0.6 is 0 Å². The second-order valence-corrected chi connectivity index (χ2v) is 11.7. The molecule has 0 spiro atoms. The van der Waals surface area contributed by atoms with Crippen LogP contribution in [0, 0.1) is 5.92 Å². The fraction of sp³-hybridized carbons (Fsp3) is 0.440. The van der Waals surface area contributed by atoms with E-state index in [1.807, 2.05) is 24.3 Å². The van der Waals surface area contributed by atoms with Crippen LogP contribution in [0.25, 0.3) is 11.0 Å². The number of carbonyl (C=O) groups excluding carboxylic acids is 1. The molecule has 0 bridgehead atoms. The summed E-state index contributed by atoms with van der Waals surface area (Å²) >= 11 is 0. The molecule has 1 aromatic heterocycles. The lowest BCUT2D eigenvalue weighted by Crippen LogP contribution is -2.25. The number of halogens is 2. The van der Waals surface area contributed by atoms with Crippen molar-refractivity contribution in [3.05, 3.63) is 54.1 Å². The fourth-order valence-corrected chi connectivity index (χ4v) is 6.52. The van der Waals surface area contributed by atoms with Gasteiger partial charge in [-0.2, -0.15) is 0 Å². The lowest BCUT2D eigenvalue weighted by Gasteiger charge is -2.21. The van der Waals surface area contributed by atoms with Crippen molar-refractivity contribution in [1.29, 1.82) is 0 Å². The normalized spacial score (nSPS) is 23.8. The molecule has 0 aliphatic heterocycles. The van der Waals surface area contributed by atoms with E-state index in [-0.39, 0.29) is 41.2 Å². The Morgan fingerprint density at radius 3 is 2.35 bits per heavy atom. The number of para-hydroxylation sites is 2. The zero-order valence-corrected chi connectivity index (χ0v) is 19.6. The van der Waals surface area contributed by atoms with Gasteiger partial charge in [0, 0.05) is 7.05 Å². The first-order chi connectivity index (χ1) is 16.2. The molecule has 1 heterocycles. The molecule has 2 aliphatic carbocycles. The Hall–Kier alpha value is -2.81. The summed E-state index contributed by atoms with van der Waals surface area (Å²) in [4.78, 5) is 18.1. The molecule has 5 rings (SSSR count). The van der Waals surface area contributed by atoms with E-state index >= 15 is 0 Å². The van der Waals surface area contributed by atoms with E-state index in [0.717, 1.165) is 11.0 Å². The van der Waals surface area contributed by atoms with E-state index in [0.29, 0.717) is 24.4 Å². The maximum atomic E-state index is 13.8. The van der Waals surface area contributed by atoms with Gasteiger partial charge in [-0.15, -0.1) is 0 Å². The highest BCUT2D eigenvalue weighted by atomic mass is 32.2. The van der Waals surface area contributed by atoms with Crippen LogP contribution in [0.1, 0.15) is 43.6 Å². The summed E-state index contributed by atoms with van der Waals surface area (Å²) < 4.78 is 54.6. The van der Waals surface area contributed by atoms with Gasteiger partial charge in [0.05, 0.1) is 27.1 Å². The molecular formula is C25H27F2N3O3S. The molecular weight excluding hydrogens is 460 g/mol. The number of benzene rings is 2. The average Bonchev–Trinajstić information content (AvgIpc) is 3.58. The van der Waals surface area contributed by atoms with Gasteiger partial charge in [0.25, 0.3) is 0 Å². The van der Waals surface area contributed by atoms with E-state index in [9.17, 15) is 22.0 Å². The highest BCUT2D eigenvalue weighted by Gasteiger charge is 2.39. The topological polar surface area (TPSA) is 81.1 Å². The summed E-state index contributed by atoms with van der Waals surface area (Å²) in [5.74, 6) is -0.938. The summed E-state index contributed by atoms with van der Waals surface area (Å²) in [6, 6.07) is 13.8. The van der Waals surface area contributed by atoms with E-state index < -0.39 is 28.1 Å². The van der Waals surface area contributed by atoms with Crippen LogP contribution in [0.3, 0.4) is 0 Å². The lowest BCUT2D eigenvalue weighted by molar-refractivity contribution is -0.118. The third kappa shape index (κ3) is 4.33. The van der Waals surface area contributed by atoms with Crippen molar-refractivity contribution in [2.24, 2.45) is 13.0 Å². The lowest BCUT2D eigenvalue weighted by atomic mass is 9.87. The van der Waals surface area contributed by atoms with Gasteiger partial charge < -0.3 is 4.57 Å². The van der Waals surface area contributed by atoms with Gasteiger partial charge in [0.15, 0.2) is 9.84 Å². The molecule has 0 saturated heterocycles. The van der Waals surface area contributed by atoms with Crippen molar-refractivity contribution in [1.82, 2.24) is 9.55 Å². The largest absolute Gasteiger partial charge is 0.313 e. The minimum atomic E-state index is -3.35. The Labute approximate surface area is 197 Å². The molecule has 2 unspecified atom stereocenters. The Kier molecular flexibility index (Phi) is 5.91. The second kappa shape index (κ2) is 8.76. The van der Waals surface area contributed by atoms with Crippen molar-refractivity contribution in [3.8, 4) is 0 Å². The number of sulfone groups is 1. The van der Waals surface area contributed by atoms with Gasteiger partial charge in [-0.05, 0) is 67.9 Å². The van der Waals surface area contributed by atoms with Gasteiger partial charge in [-0.1, -0.05) is 24.3 Å². The number of aryl methyl sites for hydroxylation is 1. The van der Waals surface area contributed by atoms with Crippen molar-refractivity contribution >= 4 is 32.7 Å². The highest BCUT2D eigenvalue weighted by molar-refractivity contribution is 7.92. The zero-order valence-electron chi connectivity index (χ0n) is 18.8.